The fraction of sp³-hybridized carbons (Fsp3) is 0.375. The number of aromatic nitrogens is 3. The lowest BCUT2D eigenvalue weighted by Crippen LogP contribution is -2.30. The molecule has 1 aliphatic heterocycles. The highest BCUT2D eigenvalue weighted by Crippen LogP contribution is 2.33. The zero-order chi connectivity index (χ0) is 20.5. The second kappa shape index (κ2) is 7.94. The first-order chi connectivity index (χ1) is 14.7. The van der Waals surface area contributed by atoms with Gasteiger partial charge in [0.2, 0.25) is 5.91 Å². The van der Waals surface area contributed by atoms with Gasteiger partial charge >= 0.3 is 0 Å². The average Bonchev–Trinajstić information content (AvgIpc) is 3.37. The van der Waals surface area contributed by atoms with Gasteiger partial charge in [-0.1, -0.05) is 36.4 Å². The van der Waals surface area contributed by atoms with Crippen molar-refractivity contribution in [3.8, 4) is 28.3 Å². The maximum atomic E-state index is 12.3. The van der Waals surface area contributed by atoms with Crippen LogP contribution in [0.25, 0.3) is 22.5 Å². The normalized spacial score (nSPS) is 18.6. The minimum absolute atomic E-state index is 0.304. The van der Waals surface area contributed by atoms with Crippen LogP contribution in [0, 0.1) is 11.8 Å². The first kappa shape index (κ1) is 18.9. The van der Waals surface area contributed by atoms with E-state index in [0.717, 1.165) is 67.2 Å². The molecule has 2 aromatic carbocycles. The Morgan fingerprint density at radius 2 is 1.67 bits per heavy atom. The zero-order valence-corrected chi connectivity index (χ0v) is 17.2. The minimum atomic E-state index is 0.304. The van der Waals surface area contributed by atoms with E-state index in [4.69, 9.17) is 4.74 Å². The van der Waals surface area contributed by atoms with E-state index < -0.39 is 0 Å². The number of hydrogen-bond donors (Lipinski definition) is 0. The van der Waals surface area contributed by atoms with E-state index in [1.807, 2.05) is 12.1 Å². The predicted octanol–water partition coefficient (Wildman–Crippen LogP) is 3.88. The standard InChI is InChI=1S/C24H26N4O2/c1-30-22-10-8-19(9-11-22)18-2-4-20(5-3-18)23-26-25-16-28(23)15-17-12-13-27(14-17)24(29)21-6-7-21/h2-5,8-11,16-17,21H,6-7,12-15H2,1H3/t17-/m1/s1. The van der Waals surface area contributed by atoms with E-state index in [1.165, 1.54) is 0 Å². The minimum Gasteiger partial charge on any atom is -0.497 e. The molecular weight excluding hydrogens is 376 g/mol. The van der Waals surface area contributed by atoms with Crippen LogP contribution in [0.15, 0.2) is 54.9 Å². The molecule has 3 aromatic rings. The molecule has 1 aromatic heterocycles. The molecule has 2 fully saturated rings. The molecule has 5 rings (SSSR count). The molecule has 1 aliphatic carbocycles. The molecule has 0 unspecified atom stereocenters. The molecule has 2 aliphatic rings. The quantitative estimate of drug-likeness (QED) is 0.628. The lowest BCUT2D eigenvalue weighted by atomic mass is 10.0. The van der Waals surface area contributed by atoms with E-state index in [9.17, 15) is 4.79 Å². The summed E-state index contributed by atoms with van der Waals surface area (Å²) in [5.74, 6) is 2.85. The Hall–Kier alpha value is -3.15. The Morgan fingerprint density at radius 1 is 1.00 bits per heavy atom. The fourth-order valence-corrected chi connectivity index (χ4v) is 4.26. The molecule has 1 saturated heterocycles. The van der Waals surface area contributed by atoms with Crippen molar-refractivity contribution in [3.63, 3.8) is 0 Å². The Morgan fingerprint density at radius 3 is 2.33 bits per heavy atom. The third-order valence-corrected chi connectivity index (χ3v) is 6.16. The maximum absolute atomic E-state index is 12.3. The molecule has 0 spiro atoms. The van der Waals surface area contributed by atoms with Crippen LogP contribution in [0.2, 0.25) is 0 Å². The predicted molar refractivity (Wildman–Crippen MR) is 115 cm³/mol. The lowest BCUT2D eigenvalue weighted by molar-refractivity contribution is -0.131. The molecule has 0 radical (unpaired) electrons. The summed E-state index contributed by atoms with van der Waals surface area (Å²) >= 11 is 0. The van der Waals surface area contributed by atoms with Gasteiger partial charge in [0.05, 0.1) is 7.11 Å². The second-order valence-corrected chi connectivity index (χ2v) is 8.33. The van der Waals surface area contributed by atoms with Crippen molar-refractivity contribution in [2.75, 3.05) is 20.2 Å². The smallest absolute Gasteiger partial charge is 0.225 e. The van der Waals surface area contributed by atoms with Gasteiger partial charge in [-0.3, -0.25) is 4.79 Å². The number of hydrogen-bond acceptors (Lipinski definition) is 4. The third kappa shape index (κ3) is 3.82. The van der Waals surface area contributed by atoms with Gasteiger partial charge in [-0.05, 0) is 48.4 Å². The van der Waals surface area contributed by atoms with Crippen LogP contribution in [0.1, 0.15) is 19.3 Å². The summed E-state index contributed by atoms with van der Waals surface area (Å²) in [6.07, 6.45) is 4.99. The van der Waals surface area contributed by atoms with E-state index >= 15 is 0 Å². The van der Waals surface area contributed by atoms with E-state index in [-0.39, 0.29) is 0 Å². The number of benzene rings is 2. The number of methoxy groups -OCH3 is 1. The van der Waals surface area contributed by atoms with Crippen molar-refractivity contribution >= 4 is 5.91 Å². The largest absolute Gasteiger partial charge is 0.497 e. The number of amides is 1. The first-order valence-corrected chi connectivity index (χ1v) is 10.6. The van der Waals surface area contributed by atoms with Crippen molar-refractivity contribution in [1.29, 1.82) is 0 Å². The van der Waals surface area contributed by atoms with Crippen LogP contribution in [0.4, 0.5) is 0 Å². The van der Waals surface area contributed by atoms with Crippen molar-refractivity contribution < 1.29 is 9.53 Å². The summed E-state index contributed by atoms with van der Waals surface area (Å²) in [5.41, 5.74) is 3.35. The molecule has 2 heterocycles. The Kier molecular flexibility index (Phi) is 4.99. The van der Waals surface area contributed by atoms with Crippen LogP contribution in [-0.4, -0.2) is 45.8 Å². The number of ether oxygens (including phenoxy) is 1. The summed E-state index contributed by atoms with van der Waals surface area (Å²) < 4.78 is 7.36. The van der Waals surface area contributed by atoms with Crippen LogP contribution in [0.5, 0.6) is 5.75 Å². The summed E-state index contributed by atoms with van der Waals surface area (Å²) in [7, 11) is 1.67. The first-order valence-electron chi connectivity index (χ1n) is 10.6. The van der Waals surface area contributed by atoms with Crippen molar-refractivity contribution in [2.45, 2.75) is 25.8 Å². The highest BCUT2D eigenvalue weighted by atomic mass is 16.5. The van der Waals surface area contributed by atoms with Crippen LogP contribution in [0.3, 0.4) is 0 Å². The molecule has 1 saturated carbocycles. The van der Waals surface area contributed by atoms with Crippen LogP contribution < -0.4 is 4.74 Å². The lowest BCUT2D eigenvalue weighted by Gasteiger charge is -2.17. The third-order valence-electron chi connectivity index (χ3n) is 6.16. The van der Waals surface area contributed by atoms with Crippen molar-refractivity contribution in [2.24, 2.45) is 11.8 Å². The second-order valence-electron chi connectivity index (χ2n) is 8.33. The zero-order valence-electron chi connectivity index (χ0n) is 17.2. The molecule has 6 nitrogen and oxygen atoms in total. The van der Waals surface area contributed by atoms with E-state index in [0.29, 0.717) is 17.7 Å². The van der Waals surface area contributed by atoms with Crippen molar-refractivity contribution in [1.82, 2.24) is 19.7 Å². The van der Waals surface area contributed by atoms with Gasteiger partial charge in [0.15, 0.2) is 5.82 Å². The van der Waals surface area contributed by atoms with Gasteiger partial charge in [0, 0.05) is 31.1 Å². The molecule has 154 valence electrons. The highest BCUT2D eigenvalue weighted by molar-refractivity contribution is 5.81. The fourth-order valence-electron chi connectivity index (χ4n) is 4.26. The van der Waals surface area contributed by atoms with E-state index in [1.54, 1.807) is 13.4 Å². The number of carbonyl (C=O) groups is 1. The Labute approximate surface area is 176 Å². The summed E-state index contributed by atoms with van der Waals surface area (Å²) in [4.78, 5) is 14.4. The molecular formula is C24H26N4O2. The highest BCUT2D eigenvalue weighted by Gasteiger charge is 2.36. The topological polar surface area (TPSA) is 60.3 Å². The summed E-state index contributed by atoms with van der Waals surface area (Å²) in [5, 5.41) is 8.51. The monoisotopic (exact) mass is 402 g/mol. The van der Waals surface area contributed by atoms with Gasteiger partial charge in [0.25, 0.3) is 0 Å². The molecule has 0 N–H and O–H groups in total. The van der Waals surface area contributed by atoms with E-state index in [2.05, 4.69) is 56.1 Å². The number of likely N-dealkylation sites (tertiary alicyclic amines) is 1. The van der Waals surface area contributed by atoms with Crippen molar-refractivity contribution in [3.05, 3.63) is 54.9 Å². The van der Waals surface area contributed by atoms with Crippen LogP contribution in [-0.2, 0) is 11.3 Å². The summed E-state index contributed by atoms with van der Waals surface area (Å²) in [6.45, 7) is 2.58. The average molecular weight is 402 g/mol. The van der Waals surface area contributed by atoms with Gasteiger partial charge in [-0.15, -0.1) is 10.2 Å². The van der Waals surface area contributed by atoms with Gasteiger partial charge in [-0.25, -0.2) is 0 Å². The van der Waals surface area contributed by atoms with Gasteiger partial charge in [-0.2, -0.15) is 0 Å². The van der Waals surface area contributed by atoms with Crippen LogP contribution >= 0.6 is 0 Å². The molecule has 1 amide bonds. The molecule has 6 heteroatoms. The maximum Gasteiger partial charge on any atom is 0.225 e. The van der Waals surface area contributed by atoms with Gasteiger partial charge < -0.3 is 14.2 Å². The number of rotatable bonds is 6. The molecule has 0 bridgehead atoms. The molecule has 30 heavy (non-hydrogen) atoms. The Bertz CT molecular complexity index is 1020. The number of carbonyl (C=O) groups excluding carboxylic acids is 1. The summed E-state index contributed by atoms with van der Waals surface area (Å²) in [6, 6.07) is 16.5. The molecule has 1 atom stereocenters. The van der Waals surface area contributed by atoms with Gasteiger partial charge in [0.1, 0.15) is 12.1 Å². The Balaban J connectivity index is 1.28. The number of nitrogens with zero attached hydrogens (tertiary/aromatic N) is 4. The SMILES string of the molecule is COc1ccc(-c2ccc(-c3nncn3C[C@@H]3CCN(C(=O)C4CC4)C3)cc2)cc1.